The molecule has 0 spiro atoms. The Morgan fingerprint density at radius 2 is 2.00 bits per heavy atom. The number of benzene rings is 1. The maximum atomic E-state index is 11.2. The van der Waals surface area contributed by atoms with E-state index in [1.165, 1.54) is 13.1 Å². The lowest BCUT2D eigenvalue weighted by Gasteiger charge is -2.17. The summed E-state index contributed by atoms with van der Waals surface area (Å²) < 4.78 is 0. The number of hydrogen-bond donors (Lipinski definition) is 0. The molecule has 0 aromatic heterocycles. The third-order valence-corrected chi connectivity index (χ3v) is 2.66. The van der Waals surface area contributed by atoms with Crippen molar-refractivity contribution in [2.24, 2.45) is 9.98 Å². The van der Waals surface area contributed by atoms with Gasteiger partial charge in [0.2, 0.25) is 5.71 Å². The molecule has 0 saturated heterocycles. The molecule has 1 unspecified atom stereocenters. The minimum atomic E-state index is -0.764. The van der Waals surface area contributed by atoms with E-state index in [0.717, 1.165) is 5.56 Å². The molecule has 0 aliphatic carbocycles. The summed E-state index contributed by atoms with van der Waals surface area (Å²) in [5.74, 6) is 0.272. The Hall–Kier alpha value is -2.50. The van der Waals surface area contributed by atoms with E-state index < -0.39 is 10.9 Å². The van der Waals surface area contributed by atoms with E-state index in [2.05, 4.69) is 9.98 Å². The third kappa shape index (κ3) is 3.04. The van der Waals surface area contributed by atoms with Crippen molar-refractivity contribution < 1.29 is 9.70 Å². The van der Waals surface area contributed by atoms with Gasteiger partial charge < -0.3 is 10.4 Å². The van der Waals surface area contributed by atoms with Crippen molar-refractivity contribution in [3.05, 3.63) is 46.3 Å². The average Bonchev–Trinajstić information content (AvgIpc) is 2.38. The number of carbonyl (C=O) groups excluding carboxylic acids is 1. The van der Waals surface area contributed by atoms with Gasteiger partial charge in [-0.25, -0.2) is 4.99 Å². The summed E-state index contributed by atoms with van der Waals surface area (Å²) in [5.41, 5.74) is 0.629. The van der Waals surface area contributed by atoms with Gasteiger partial charge in [0.25, 0.3) is 0 Å². The molecule has 0 bridgehead atoms. The fourth-order valence-electron chi connectivity index (χ4n) is 1.79. The predicted octanol–water partition coefficient (Wildman–Crippen LogP) is 1.31. The van der Waals surface area contributed by atoms with Gasteiger partial charge in [0.05, 0.1) is 0 Å². The van der Waals surface area contributed by atoms with E-state index in [1.54, 1.807) is 0 Å². The standard InChI is InChI=1S/C13H12N3O3/c1-9(17)7-11-12(16(18)19)8-14-13(15-11)10-5-3-2-4-6-10/h2-6,8,11H,7H2,1H3/q-1. The highest BCUT2D eigenvalue weighted by atomic mass is 16.8. The number of Topliss-reactive ketones (excluding diaryl/α,β-unsaturated/α-hetero) is 1. The van der Waals surface area contributed by atoms with Gasteiger partial charge in [0.15, 0.2) is 5.84 Å². The third-order valence-electron chi connectivity index (χ3n) is 2.66. The Balaban J connectivity index is 2.36. The second-order valence-corrected chi connectivity index (χ2v) is 4.18. The fraction of sp³-hybridized carbons (Fsp3) is 0.231. The first-order valence-corrected chi connectivity index (χ1v) is 5.76. The van der Waals surface area contributed by atoms with Crippen molar-refractivity contribution in [1.29, 1.82) is 0 Å². The van der Waals surface area contributed by atoms with Gasteiger partial charge in [-0.05, 0) is 6.92 Å². The van der Waals surface area contributed by atoms with Gasteiger partial charge in [-0.3, -0.25) is 9.79 Å². The highest BCUT2D eigenvalue weighted by Gasteiger charge is 2.26. The molecule has 6 nitrogen and oxygen atoms in total. The van der Waals surface area contributed by atoms with Crippen molar-refractivity contribution in [3.63, 3.8) is 0 Å². The molecule has 1 heterocycles. The number of rotatable bonds is 3. The zero-order valence-corrected chi connectivity index (χ0v) is 10.3. The minimum absolute atomic E-state index is 0.0126. The summed E-state index contributed by atoms with van der Waals surface area (Å²) in [5, 5.41) is 21.8. The van der Waals surface area contributed by atoms with Crippen LogP contribution in [0, 0.1) is 10.4 Å². The van der Waals surface area contributed by atoms with Crippen LogP contribution in [-0.2, 0) is 4.79 Å². The van der Waals surface area contributed by atoms with Crippen LogP contribution in [-0.4, -0.2) is 34.5 Å². The van der Waals surface area contributed by atoms with Crippen molar-refractivity contribution in [3.8, 4) is 0 Å². The summed E-state index contributed by atoms with van der Waals surface area (Å²) in [7, 11) is 0. The zero-order valence-electron chi connectivity index (χ0n) is 10.3. The SMILES string of the molecule is CC(=O)CC1N=C(c2ccccc2)N=CC1=[N+]([O-])[O-]. The fourth-order valence-corrected chi connectivity index (χ4v) is 1.79. The van der Waals surface area contributed by atoms with E-state index in [9.17, 15) is 15.2 Å². The van der Waals surface area contributed by atoms with E-state index in [0.29, 0.717) is 5.84 Å². The predicted molar refractivity (Wildman–Crippen MR) is 72.6 cm³/mol. The van der Waals surface area contributed by atoms with Gasteiger partial charge in [0, 0.05) is 12.0 Å². The first kappa shape index (κ1) is 12.9. The summed E-state index contributed by atoms with van der Waals surface area (Å²) in [6.45, 7) is 1.39. The number of nitrogens with zero attached hydrogens (tertiary/aromatic N) is 3. The second-order valence-electron chi connectivity index (χ2n) is 4.18. The van der Waals surface area contributed by atoms with Crippen LogP contribution in [0.2, 0.25) is 0 Å². The molecule has 6 heteroatoms. The molecule has 1 atom stereocenters. The molecule has 0 amide bonds. The molecule has 1 aliphatic heterocycles. The molecule has 1 aromatic rings. The van der Waals surface area contributed by atoms with Crippen molar-refractivity contribution in [2.45, 2.75) is 19.4 Å². The minimum Gasteiger partial charge on any atom is -0.612 e. The molecular weight excluding hydrogens is 246 g/mol. The largest absolute Gasteiger partial charge is 0.612 e. The first-order chi connectivity index (χ1) is 9.08. The molecule has 0 N–H and O–H groups in total. The van der Waals surface area contributed by atoms with Crippen LogP contribution >= 0.6 is 0 Å². The van der Waals surface area contributed by atoms with E-state index in [4.69, 9.17) is 0 Å². The Labute approximate surface area is 110 Å². The molecule has 0 radical (unpaired) electrons. The molecule has 19 heavy (non-hydrogen) atoms. The maximum Gasteiger partial charge on any atom is 0.242 e. The Bertz CT molecular complexity index is 572. The monoisotopic (exact) mass is 258 g/mol. The van der Waals surface area contributed by atoms with Gasteiger partial charge in [0.1, 0.15) is 18.0 Å². The number of aliphatic imine (C=N–C) groups is 2. The lowest BCUT2D eigenvalue weighted by molar-refractivity contribution is -0.378. The average molecular weight is 258 g/mol. The lowest BCUT2D eigenvalue weighted by atomic mass is 10.1. The Kier molecular flexibility index (Phi) is 3.70. The van der Waals surface area contributed by atoms with Gasteiger partial charge in [-0.15, -0.1) is 0 Å². The van der Waals surface area contributed by atoms with Crippen LogP contribution in [0.3, 0.4) is 0 Å². The molecule has 0 fully saturated rings. The molecule has 98 valence electrons. The van der Waals surface area contributed by atoms with Crippen molar-refractivity contribution >= 4 is 23.5 Å². The quantitative estimate of drug-likeness (QED) is 0.604. The zero-order chi connectivity index (χ0) is 13.8. The highest BCUT2D eigenvalue weighted by Crippen LogP contribution is 2.12. The molecular formula is C13H12N3O3-. The Morgan fingerprint density at radius 1 is 1.32 bits per heavy atom. The van der Waals surface area contributed by atoms with Gasteiger partial charge in [-0.1, -0.05) is 30.3 Å². The van der Waals surface area contributed by atoms with Gasteiger partial charge >= 0.3 is 0 Å². The van der Waals surface area contributed by atoms with Crippen molar-refractivity contribution in [2.75, 3.05) is 0 Å². The summed E-state index contributed by atoms with van der Waals surface area (Å²) >= 11 is 0. The van der Waals surface area contributed by atoms with Crippen LogP contribution in [0.15, 0.2) is 40.3 Å². The number of amidine groups is 1. The topological polar surface area (TPSA) is 90.9 Å². The van der Waals surface area contributed by atoms with Crippen LogP contribution in [0.5, 0.6) is 0 Å². The van der Waals surface area contributed by atoms with Crippen LogP contribution in [0.4, 0.5) is 0 Å². The highest BCUT2D eigenvalue weighted by molar-refractivity contribution is 6.35. The van der Waals surface area contributed by atoms with E-state index in [-0.39, 0.29) is 17.9 Å². The summed E-state index contributed by atoms with van der Waals surface area (Å²) in [6.07, 6.45) is 1.20. The second kappa shape index (κ2) is 5.43. The smallest absolute Gasteiger partial charge is 0.242 e. The first-order valence-electron chi connectivity index (χ1n) is 5.76. The number of hydrogen-bond acceptors (Lipinski definition) is 5. The number of ketones is 1. The summed E-state index contributed by atoms with van der Waals surface area (Å²) in [6, 6.07) is 8.40. The molecule has 1 aliphatic rings. The van der Waals surface area contributed by atoms with Crippen LogP contribution in [0.1, 0.15) is 18.9 Å². The van der Waals surface area contributed by atoms with Crippen LogP contribution in [0.25, 0.3) is 0 Å². The maximum absolute atomic E-state index is 11.2. The van der Waals surface area contributed by atoms with Gasteiger partial charge in [-0.2, -0.15) is 4.90 Å². The molecule has 1 aromatic carbocycles. The van der Waals surface area contributed by atoms with E-state index in [1.807, 2.05) is 30.3 Å². The van der Waals surface area contributed by atoms with Crippen LogP contribution < -0.4 is 0 Å². The van der Waals surface area contributed by atoms with E-state index >= 15 is 0 Å². The lowest BCUT2D eigenvalue weighted by Crippen LogP contribution is -2.32. The summed E-state index contributed by atoms with van der Waals surface area (Å²) in [4.78, 5) is 18.8. The number of carbonyl (C=O) groups is 1. The molecule has 2 rings (SSSR count). The normalized spacial score (nSPS) is 18.1. The molecule has 0 saturated carbocycles. The Morgan fingerprint density at radius 3 is 2.58 bits per heavy atom. The van der Waals surface area contributed by atoms with Crippen molar-refractivity contribution in [1.82, 2.24) is 0 Å².